The van der Waals surface area contributed by atoms with Gasteiger partial charge in [-0.3, -0.25) is 4.79 Å². The summed E-state index contributed by atoms with van der Waals surface area (Å²) in [6.07, 6.45) is 1.57. The second kappa shape index (κ2) is 8.34. The zero-order valence-electron chi connectivity index (χ0n) is 12.2. The summed E-state index contributed by atoms with van der Waals surface area (Å²) in [6, 6.07) is 17.3. The number of halogens is 1. The number of hydrogen-bond donors (Lipinski definition) is 1. The SMILES string of the molecule is C[C@H](NC(=O)CO/N=C\c1ccc(Br)cc1)c1ccccc1. The quantitative estimate of drug-likeness (QED) is 0.630. The Morgan fingerprint density at radius 2 is 1.91 bits per heavy atom. The van der Waals surface area contributed by atoms with Crippen LogP contribution in [0, 0.1) is 0 Å². The lowest BCUT2D eigenvalue weighted by molar-refractivity contribution is -0.126. The summed E-state index contributed by atoms with van der Waals surface area (Å²) in [4.78, 5) is 16.8. The van der Waals surface area contributed by atoms with E-state index in [-0.39, 0.29) is 18.6 Å². The van der Waals surface area contributed by atoms with Gasteiger partial charge in [-0.15, -0.1) is 0 Å². The lowest BCUT2D eigenvalue weighted by atomic mass is 10.1. The van der Waals surface area contributed by atoms with Crippen molar-refractivity contribution < 1.29 is 9.63 Å². The molecule has 114 valence electrons. The van der Waals surface area contributed by atoms with E-state index in [2.05, 4.69) is 26.4 Å². The molecule has 0 bridgehead atoms. The van der Waals surface area contributed by atoms with Crippen LogP contribution in [0.5, 0.6) is 0 Å². The molecule has 22 heavy (non-hydrogen) atoms. The van der Waals surface area contributed by atoms with Crippen LogP contribution in [-0.2, 0) is 9.63 Å². The molecule has 0 radical (unpaired) electrons. The minimum atomic E-state index is -0.204. The number of amides is 1. The van der Waals surface area contributed by atoms with Crippen molar-refractivity contribution in [2.24, 2.45) is 5.16 Å². The Morgan fingerprint density at radius 3 is 2.59 bits per heavy atom. The molecule has 1 N–H and O–H groups in total. The summed E-state index contributed by atoms with van der Waals surface area (Å²) in [7, 11) is 0. The lowest BCUT2D eigenvalue weighted by Gasteiger charge is -2.13. The van der Waals surface area contributed by atoms with Gasteiger partial charge in [0, 0.05) is 4.47 Å². The zero-order chi connectivity index (χ0) is 15.8. The summed E-state index contributed by atoms with van der Waals surface area (Å²) in [5.74, 6) is -0.204. The van der Waals surface area contributed by atoms with Gasteiger partial charge in [0.15, 0.2) is 6.61 Å². The van der Waals surface area contributed by atoms with Crippen molar-refractivity contribution in [3.63, 3.8) is 0 Å². The standard InChI is InChI=1S/C17H17BrN2O2/c1-13(15-5-3-2-4-6-15)20-17(21)12-22-19-11-14-7-9-16(18)10-8-14/h2-11,13H,12H2,1H3,(H,20,21)/b19-11-/t13-/m0/s1. The number of rotatable bonds is 6. The highest BCUT2D eigenvalue weighted by molar-refractivity contribution is 9.10. The Hall–Kier alpha value is -2.14. The van der Waals surface area contributed by atoms with E-state index in [0.717, 1.165) is 15.6 Å². The van der Waals surface area contributed by atoms with Crippen LogP contribution in [0.15, 0.2) is 64.2 Å². The number of nitrogens with one attached hydrogen (secondary N) is 1. The molecule has 0 saturated carbocycles. The van der Waals surface area contributed by atoms with Crippen molar-refractivity contribution in [2.75, 3.05) is 6.61 Å². The van der Waals surface area contributed by atoms with Gasteiger partial charge in [0.1, 0.15) is 0 Å². The largest absolute Gasteiger partial charge is 0.386 e. The fourth-order valence-corrected chi connectivity index (χ4v) is 2.12. The van der Waals surface area contributed by atoms with Gasteiger partial charge in [-0.05, 0) is 30.2 Å². The van der Waals surface area contributed by atoms with Crippen LogP contribution in [0.4, 0.5) is 0 Å². The molecular weight excluding hydrogens is 344 g/mol. The molecule has 1 amide bonds. The second-order valence-electron chi connectivity index (χ2n) is 4.76. The summed E-state index contributed by atoms with van der Waals surface area (Å²) in [5.41, 5.74) is 1.95. The third-order valence-electron chi connectivity index (χ3n) is 3.02. The molecule has 0 aromatic heterocycles. The van der Waals surface area contributed by atoms with Gasteiger partial charge >= 0.3 is 0 Å². The molecule has 2 aromatic rings. The van der Waals surface area contributed by atoms with Crippen molar-refractivity contribution in [1.29, 1.82) is 0 Å². The highest BCUT2D eigenvalue weighted by atomic mass is 79.9. The molecule has 0 aliphatic rings. The van der Waals surface area contributed by atoms with Crippen LogP contribution < -0.4 is 5.32 Å². The molecule has 0 aliphatic heterocycles. The third kappa shape index (κ3) is 5.33. The summed E-state index contributed by atoms with van der Waals surface area (Å²) in [5, 5.41) is 6.65. The second-order valence-corrected chi connectivity index (χ2v) is 5.68. The van der Waals surface area contributed by atoms with Gasteiger partial charge < -0.3 is 10.2 Å². The van der Waals surface area contributed by atoms with E-state index in [0.29, 0.717) is 0 Å². The van der Waals surface area contributed by atoms with Gasteiger partial charge in [0.25, 0.3) is 5.91 Å². The first-order valence-corrected chi connectivity index (χ1v) is 7.69. The van der Waals surface area contributed by atoms with Crippen molar-refractivity contribution in [1.82, 2.24) is 5.32 Å². The first-order chi connectivity index (χ1) is 10.6. The molecular formula is C17H17BrN2O2. The Balaban J connectivity index is 1.75. The van der Waals surface area contributed by atoms with Gasteiger partial charge in [-0.25, -0.2) is 0 Å². The van der Waals surface area contributed by atoms with E-state index < -0.39 is 0 Å². The highest BCUT2D eigenvalue weighted by Gasteiger charge is 2.08. The van der Waals surface area contributed by atoms with Crippen LogP contribution in [0.2, 0.25) is 0 Å². The summed E-state index contributed by atoms with van der Waals surface area (Å²) < 4.78 is 1.000. The van der Waals surface area contributed by atoms with Gasteiger partial charge in [-0.2, -0.15) is 0 Å². The van der Waals surface area contributed by atoms with Crippen LogP contribution in [0.1, 0.15) is 24.1 Å². The average molecular weight is 361 g/mol. The van der Waals surface area contributed by atoms with Gasteiger partial charge in [0.2, 0.25) is 0 Å². The lowest BCUT2D eigenvalue weighted by Crippen LogP contribution is -2.29. The molecule has 1 atom stereocenters. The molecule has 2 rings (SSSR count). The number of carbonyl (C=O) groups is 1. The monoisotopic (exact) mass is 360 g/mol. The molecule has 0 fully saturated rings. The molecule has 0 heterocycles. The van der Waals surface area contributed by atoms with Crippen LogP contribution in [0.3, 0.4) is 0 Å². The molecule has 0 aliphatic carbocycles. The minimum absolute atomic E-state index is 0.0623. The van der Waals surface area contributed by atoms with E-state index >= 15 is 0 Å². The molecule has 5 heteroatoms. The van der Waals surface area contributed by atoms with Gasteiger partial charge in [-0.1, -0.05) is 63.6 Å². The molecule has 2 aromatic carbocycles. The average Bonchev–Trinajstić information content (AvgIpc) is 2.54. The van der Waals surface area contributed by atoms with Crippen molar-refractivity contribution in [3.8, 4) is 0 Å². The number of oxime groups is 1. The molecule has 0 spiro atoms. The van der Waals surface area contributed by atoms with Crippen molar-refractivity contribution in [2.45, 2.75) is 13.0 Å². The smallest absolute Gasteiger partial charge is 0.261 e. The zero-order valence-corrected chi connectivity index (χ0v) is 13.8. The number of benzene rings is 2. The first kappa shape index (κ1) is 16.2. The fourth-order valence-electron chi connectivity index (χ4n) is 1.85. The van der Waals surface area contributed by atoms with E-state index in [9.17, 15) is 4.79 Å². The normalized spacial score (nSPS) is 12.1. The highest BCUT2D eigenvalue weighted by Crippen LogP contribution is 2.11. The van der Waals surface area contributed by atoms with Crippen molar-refractivity contribution >= 4 is 28.1 Å². The maximum Gasteiger partial charge on any atom is 0.261 e. The van der Waals surface area contributed by atoms with E-state index in [4.69, 9.17) is 4.84 Å². The Labute approximate surface area is 138 Å². The van der Waals surface area contributed by atoms with E-state index in [1.165, 1.54) is 0 Å². The summed E-state index contributed by atoms with van der Waals surface area (Å²) >= 11 is 3.36. The third-order valence-corrected chi connectivity index (χ3v) is 3.55. The van der Waals surface area contributed by atoms with E-state index in [1.807, 2.05) is 61.5 Å². The van der Waals surface area contributed by atoms with Crippen molar-refractivity contribution in [3.05, 3.63) is 70.2 Å². The first-order valence-electron chi connectivity index (χ1n) is 6.90. The molecule has 0 unspecified atom stereocenters. The maximum atomic E-state index is 11.8. The maximum absolute atomic E-state index is 11.8. The number of carbonyl (C=O) groups excluding carboxylic acids is 1. The van der Waals surface area contributed by atoms with Crippen LogP contribution >= 0.6 is 15.9 Å². The van der Waals surface area contributed by atoms with E-state index in [1.54, 1.807) is 6.21 Å². The minimum Gasteiger partial charge on any atom is -0.386 e. The number of nitrogens with zero attached hydrogens (tertiary/aromatic N) is 1. The van der Waals surface area contributed by atoms with Gasteiger partial charge in [0.05, 0.1) is 12.3 Å². The fraction of sp³-hybridized carbons (Fsp3) is 0.176. The summed E-state index contributed by atoms with van der Waals surface area (Å²) in [6.45, 7) is 1.82. The predicted octanol–water partition coefficient (Wildman–Crippen LogP) is 3.68. The topological polar surface area (TPSA) is 50.7 Å². The molecule has 0 saturated heterocycles. The Morgan fingerprint density at radius 1 is 1.23 bits per heavy atom. The Kier molecular flexibility index (Phi) is 6.15. The predicted molar refractivity (Wildman–Crippen MR) is 90.7 cm³/mol. The van der Waals surface area contributed by atoms with Crippen LogP contribution in [0.25, 0.3) is 0 Å². The van der Waals surface area contributed by atoms with Crippen LogP contribution in [-0.4, -0.2) is 18.7 Å². The number of hydrogen-bond acceptors (Lipinski definition) is 3. The Bertz CT molecular complexity index is 627. The molecule has 4 nitrogen and oxygen atoms in total.